The van der Waals surface area contributed by atoms with Crippen LogP contribution in [0, 0.1) is 0 Å². The van der Waals surface area contributed by atoms with Gasteiger partial charge in [-0.25, -0.2) is 4.98 Å². The van der Waals surface area contributed by atoms with E-state index in [2.05, 4.69) is 5.32 Å². The molecule has 3 aromatic carbocycles. The number of rotatable bonds is 7. The molecule has 1 aliphatic heterocycles. The third kappa shape index (κ3) is 3.93. The van der Waals surface area contributed by atoms with Crippen molar-refractivity contribution in [1.82, 2.24) is 9.55 Å². The van der Waals surface area contributed by atoms with E-state index in [0.717, 1.165) is 16.6 Å². The van der Waals surface area contributed by atoms with E-state index in [-0.39, 0.29) is 18.2 Å². The van der Waals surface area contributed by atoms with Gasteiger partial charge in [-0.2, -0.15) is 0 Å². The average molecular weight is 441 g/mol. The van der Waals surface area contributed by atoms with Gasteiger partial charge in [-0.15, -0.1) is 0 Å². The molecule has 0 spiro atoms. The van der Waals surface area contributed by atoms with Crippen molar-refractivity contribution in [3.8, 4) is 5.75 Å². The fourth-order valence-corrected chi connectivity index (χ4v) is 4.32. The topological polar surface area (TPSA) is 76.5 Å². The van der Waals surface area contributed by atoms with E-state index in [1.807, 2.05) is 71.3 Å². The Morgan fingerprint density at radius 1 is 1.00 bits per heavy atom. The lowest BCUT2D eigenvalue weighted by Gasteiger charge is -2.16. The van der Waals surface area contributed by atoms with E-state index in [4.69, 9.17) is 9.72 Å². The number of ether oxygens (including phenoxy) is 1. The minimum absolute atomic E-state index is 0.00602. The number of imidazole rings is 1. The molecule has 33 heavy (non-hydrogen) atoms. The third-order valence-electron chi connectivity index (χ3n) is 5.91. The summed E-state index contributed by atoms with van der Waals surface area (Å²) in [6.07, 6.45) is 0.710. The van der Waals surface area contributed by atoms with E-state index in [0.29, 0.717) is 30.4 Å². The van der Waals surface area contributed by atoms with Gasteiger partial charge in [0.25, 0.3) is 5.91 Å². The van der Waals surface area contributed by atoms with Crippen LogP contribution < -0.4 is 15.0 Å². The maximum atomic E-state index is 13.5. The lowest BCUT2D eigenvalue weighted by atomic mass is 10.1. The lowest BCUT2D eigenvalue weighted by molar-refractivity contribution is -0.124. The highest BCUT2D eigenvalue weighted by Gasteiger charge is 2.40. The van der Waals surface area contributed by atoms with Gasteiger partial charge in [-0.05, 0) is 36.2 Å². The smallest absolute Gasteiger partial charge is 0.253 e. The Bertz CT molecular complexity index is 1320. The quantitative estimate of drug-likeness (QED) is 0.467. The number of carbonyl (C=O) groups excluding carboxylic acids is 2. The number of benzene rings is 3. The van der Waals surface area contributed by atoms with Gasteiger partial charge in [0.1, 0.15) is 11.8 Å². The molecule has 2 amide bonds. The molecule has 2 heterocycles. The normalized spacial score (nSPS) is 15.0. The summed E-state index contributed by atoms with van der Waals surface area (Å²) in [6, 6.07) is 24.3. The molecule has 5 rings (SSSR count). The highest BCUT2D eigenvalue weighted by molar-refractivity contribution is 6.05. The number of anilines is 2. The van der Waals surface area contributed by atoms with Crippen LogP contribution in [0.4, 0.5) is 11.6 Å². The number of aromatic nitrogens is 2. The number of hydrogen-bond donors (Lipinski definition) is 1. The average Bonchev–Trinajstić information content (AvgIpc) is 3.33. The monoisotopic (exact) mass is 440 g/mol. The van der Waals surface area contributed by atoms with Gasteiger partial charge in [-0.3, -0.25) is 19.1 Å². The van der Waals surface area contributed by atoms with Crippen molar-refractivity contribution in [3.05, 3.63) is 84.4 Å². The number of methoxy groups -OCH3 is 1. The summed E-state index contributed by atoms with van der Waals surface area (Å²) in [5.74, 6) is 0.787. The van der Waals surface area contributed by atoms with Crippen LogP contribution in [-0.4, -0.2) is 35.0 Å². The zero-order chi connectivity index (χ0) is 22.8. The van der Waals surface area contributed by atoms with Crippen molar-refractivity contribution in [2.24, 2.45) is 0 Å². The Morgan fingerprint density at radius 3 is 2.55 bits per heavy atom. The molecule has 1 aromatic heterocycles. The molecule has 1 atom stereocenters. The number of para-hydroxylation sites is 4. The lowest BCUT2D eigenvalue weighted by Crippen LogP contribution is -2.33. The van der Waals surface area contributed by atoms with Crippen molar-refractivity contribution in [3.63, 3.8) is 0 Å². The predicted molar refractivity (Wildman–Crippen MR) is 128 cm³/mol. The number of nitrogens with zero attached hydrogens (tertiary/aromatic N) is 3. The molecule has 0 saturated heterocycles. The molecule has 7 nitrogen and oxygen atoms in total. The second kappa shape index (κ2) is 8.78. The van der Waals surface area contributed by atoms with Gasteiger partial charge in [0.05, 0.1) is 30.3 Å². The fraction of sp³-hybridized carbons (Fsp3) is 0.192. The van der Waals surface area contributed by atoms with Crippen LogP contribution in [0.25, 0.3) is 11.0 Å². The van der Waals surface area contributed by atoms with E-state index in [1.165, 1.54) is 0 Å². The molecule has 0 saturated carbocycles. The first-order chi connectivity index (χ1) is 16.2. The van der Waals surface area contributed by atoms with Crippen LogP contribution in [0.3, 0.4) is 0 Å². The second-order valence-corrected chi connectivity index (χ2v) is 7.96. The first-order valence-corrected chi connectivity index (χ1v) is 10.9. The Hall–Kier alpha value is -4.13. The summed E-state index contributed by atoms with van der Waals surface area (Å²) in [5, 5.41) is 2.88. The molecule has 166 valence electrons. The van der Waals surface area contributed by atoms with E-state index in [9.17, 15) is 9.59 Å². The number of hydrogen-bond acceptors (Lipinski definition) is 4. The molecule has 0 bridgehead atoms. The van der Waals surface area contributed by atoms with Crippen LogP contribution in [0.15, 0.2) is 78.9 Å². The highest BCUT2D eigenvalue weighted by Crippen LogP contribution is 2.37. The summed E-state index contributed by atoms with van der Waals surface area (Å²) in [5.41, 5.74) is 3.37. The largest absolute Gasteiger partial charge is 0.495 e. The molecule has 0 fully saturated rings. The van der Waals surface area contributed by atoms with Crippen LogP contribution >= 0.6 is 0 Å². The summed E-state index contributed by atoms with van der Waals surface area (Å²) in [4.78, 5) is 32.8. The van der Waals surface area contributed by atoms with Crippen LogP contribution in [-0.2, 0) is 16.0 Å². The molecule has 1 N–H and O–H groups in total. The molecule has 4 aromatic rings. The summed E-state index contributed by atoms with van der Waals surface area (Å²) >= 11 is 0. The first-order valence-electron chi connectivity index (χ1n) is 10.9. The van der Waals surface area contributed by atoms with Crippen molar-refractivity contribution in [1.29, 1.82) is 0 Å². The minimum atomic E-state index is -0.655. The van der Waals surface area contributed by atoms with Gasteiger partial charge in [0.15, 0.2) is 0 Å². The fourth-order valence-electron chi connectivity index (χ4n) is 4.32. The van der Waals surface area contributed by atoms with Crippen molar-refractivity contribution in [2.75, 3.05) is 23.9 Å². The SMILES string of the molecule is COc1ccccc1NC(=O)C[C@@H]1C(=O)N(CCc2ccccc2)c2nc3ccccc3n21. The zero-order valence-corrected chi connectivity index (χ0v) is 18.3. The van der Waals surface area contributed by atoms with Gasteiger partial charge < -0.3 is 10.1 Å². The summed E-state index contributed by atoms with van der Waals surface area (Å²) in [6.45, 7) is 0.497. The Balaban J connectivity index is 1.42. The number of amides is 2. The van der Waals surface area contributed by atoms with E-state index in [1.54, 1.807) is 24.1 Å². The number of nitrogens with one attached hydrogen (secondary N) is 1. The molecule has 1 aliphatic rings. The second-order valence-electron chi connectivity index (χ2n) is 7.96. The molecule has 0 radical (unpaired) electrons. The van der Waals surface area contributed by atoms with Gasteiger partial charge >= 0.3 is 0 Å². The Morgan fingerprint density at radius 2 is 1.73 bits per heavy atom. The van der Waals surface area contributed by atoms with Crippen molar-refractivity contribution >= 4 is 34.5 Å². The zero-order valence-electron chi connectivity index (χ0n) is 18.3. The van der Waals surface area contributed by atoms with E-state index >= 15 is 0 Å². The maximum absolute atomic E-state index is 13.5. The molecule has 0 aliphatic carbocycles. The first kappa shape index (κ1) is 20.8. The van der Waals surface area contributed by atoms with Gasteiger partial charge in [0, 0.05) is 6.54 Å². The molecule has 7 heteroatoms. The third-order valence-corrected chi connectivity index (χ3v) is 5.91. The standard InChI is InChI=1S/C26H24N4O3/c1-33-23-14-8-6-12-20(23)27-24(31)17-22-25(32)29(16-15-18-9-3-2-4-10-18)26-28-19-11-5-7-13-21(19)30(22)26/h2-14,22H,15-17H2,1H3,(H,27,31)/t22-/m1/s1. The Kier molecular flexibility index (Phi) is 5.52. The Labute approximate surface area is 191 Å². The van der Waals surface area contributed by atoms with E-state index < -0.39 is 6.04 Å². The van der Waals surface area contributed by atoms with Crippen LogP contribution in [0.2, 0.25) is 0 Å². The predicted octanol–water partition coefficient (Wildman–Crippen LogP) is 4.20. The molecular formula is C26H24N4O3. The van der Waals surface area contributed by atoms with Gasteiger partial charge in [-0.1, -0.05) is 54.6 Å². The van der Waals surface area contributed by atoms with Crippen LogP contribution in [0.1, 0.15) is 18.0 Å². The minimum Gasteiger partial charge on any atom is -0.495 e. The highest BCUT2D eigenvalue weighted by atomic mass is 16.5. The van der Waals surface area contributed by atoms with Crippen LogP contribution in [0.5, 0.6) is 5.75 Å². The maximum Gasteiger partial charge on any atom is 0.253 e. The van der Waals surface area contributed by atoms with Gasteiger partial charge in [0.2, 0.25) is 11.9 Å². The van der Waals surface area contributed by atoms with Crippen molar-refractivity contribution in [2.45, 2.75) is 18.9 Å². The molecule has 0 unspecified atom stereocenters. The summed E-state index contributed by atoms with van der Waals surface area (Å²) in [7, 11) is 1.56. The molecular weight excluding hydrogens is 416 g/mol. The number of carbonyl (C=O) groups is 2. The van der Waals surface area contributed by atoms with Crippen molar-refractivity contribution < 1.29 is 14.3 Å². The number of fused-ring (bicyclic) bond motifs is 3. The summed E-state index contributed by atoms with van der Waals surface area (Å²) < 4.78 is 7.22.